The standard InChI is InChI=1S/C24H22N4O2/c1-17-8-7-9-18(14-17)24(30)25-15-22-27-20-12-5-6-13-21(20)28(22)16-23(29)26-19-10-3-2-4-11-19/h2-14H,15-16H2,1H3,(H,25,30)(H,26,29). The molecule has 2 amide bonds. The molecule has 30 heavy (non-hydrogen) atoms. The molecule has 0 saturated carbocycles. The second-order valence-corrected chi connectivity index (χ2v) is 7.07. The van der Waals surface area contributed by atoms with Crippen LogP contribution in [0.4, 0.5) is 5.69 Å². The molecule has 0 fully saturated rings. The maximum absolute atomic E-state index is 12.6. The van der Waals surface area contributed by atoms with Gasteiger partial charge in [0.1, 0.15) is 12.4 Å². The Balaban J connectivity index is 1.54. The molecule has 0 aliphatic carbocycles. The van der Waals surface area contributed by atoms with Crippen LogP contribution in [0.5, 0.6) is 0 Å². The van der Waals surface area contributed by atoms with Gasteiger partial charge in [0.25, 0.3) is 5.91 Å². The van der Waals surface area contributed by atoms with Gasteiger partial charge >= 0.3 is 0 Å². The summed E-state index contributed by atoms with van der Waals surface area (Å²) in [5.41, 5.74) is 3.98. The third-order valence-corrected chi connectivity index (χ3v) is 4.78. The van der Waals surface area contributed by atoms with Crippen molar-refractivity contribution in [1.82, 2.24) is 14.9 Å². The smallest absolute Gasteiger partial charge is 0.251 e. The van der Waals surface area contributed by atoms with E-state index >= 15 is 0 Å². The zero-order chi connectivity index (χ0) is 20.9. The first-order valence-corrected chi connectivity index (χ1v) is 9.74. The molecule has 0 atom stereocenters. The lowest BCUT2D eigenvalue weighted by Crippen LogP contribution is -2.26. The van der Waals surface area contributed by atoms with E-state index in [0.717, 1.165) is 22.3 Å². The number of rotatable bonds is 6. The predicted octanol–water partition coefficient (Wildman–Crippen LogP) is 3.91. The fourth-order valence-corrected chi connectivity index (χ4v) is 3.35. The number of para-hydroxylation sites is 3. The highest BCUT2D eigenvalue weighted by Crippen LogP contribution is 2.17. The number of carbonyl (C=O) groups is 2. The maximum Gasteiger partial charge on any atom is 0.251 e. The zero-order valence-corrected chi connectivity index (χ0v) is 16.6. The minimum atomic E-state index is -0.175. The van der Waals surface area contributed by atoms with E-state index in [2.05, 4.69) is 15.6 Å². The van der Waals surface area contributed by atoms with Gasteiger partial charge in [-0.3, -0.25) is 9.59 Å². The summed E-state index contributed by atoms with van der Waals surface area (Å²) in [6.07, 6.45) is 0. The summed E-state index contributed by atoms with van der Waals surface area (Å²) in [7, 11) is 0. The molecule has 6 nitrogen and oxygen atoms in total. The fraction of sp³-hybridized carbons (Fsp3) is 0.125. The molecule has 4 rings (SSSR count). The molecule has 0 saturated heterocycles. The van der Waals surface area contributed by atoms with Crippen molar-refractivity contribution in [2.75, 3.05) is 5.32 Å². The lowest BCUT2D eigenvalue weighted by atomic mass is 10.1. The van der Waals surface area contributed by atoms with Crippen molar-refractivity contribution in [2.45, 2.75) is 20.0 Å². The normalized spacial score (nSPS) is 10.7. The van der Waals surface area contributed by atoms with Gasteiger partial charge in [0.2, 0.25) is 5.91 Å². The number of imidazole rings is 1. The van der Waals surface area contributed by atoms with E-state index in [4.69, 9.17) is 0 Å². The van der Waals surface area contributed by atoms with Crippen LogP contribution in [-0.4, -0.2) is 21.4 Å². The van der Waals surface area contributed by atoms with Gasteiger partial charge < -0.3 is 15.2 Å². The van der Waals surface area contributed by atoms with Crippen LogP contribution in [0.15, 0.2) is 78.9 Å². The first-order chi connectivity index (χ1) is 14.6. The third-order valence-electron chi connectivity index (χ3n) is 4.78. The van der Waals surface area contributed by atoms with Gasteiger partial charge in [0.05, 0.1) is 17.6 Å². The summed E-state index contributed by atoms with van der Waals surface area (Å²) >= 11 is 0. The molecule has 0 aliphatic rings. The fourth-order valence-electron chi connectivity index (χ4n) is 3.35. The van der Waals surface area contributed by atoms with Crippen LogP contribution in [0.3, 0.4) is 0 Å². The van der Waals surface area contributed by atoms with E-state index in [1.807, 2.05) is 84.3 Å². The summed E-state index contributed by atoms with van der Waals surface area (Å²) < 4.78 is 1.84. The first-order valence-electron chi connectivity index (χ1n) is 9.74. The number of benzene rings is 3. The summed E-state index contributed by atoms with van der Waals surface area (Å²) in [6, 6.07) is 24.4. The second kappa shape index (κ2) is 8.61. The van der Waals surface area contributed by atoms with Gasteiger partial charge in [-0.05, 0) is 43.3 Å². The molecular weight excluding hydrogens is 376 g/mol. The largest absolute Gasteiger partial charge is 0.345 e. The lowest BCUT2D eigenvalue weighted by Gasteiger charge is -2.11. The van der Waals surface area contributed by atoms with Crippen LogP contribution in [0.25, 0.3) is 11.0 Å². The van der Waals surface area contributed by atoms with Crippen molar-refractivity contribution in [3.05, 3.63) is 95.8 Å². The molecule has 1 aromatic heterocycles. The molecule has 0 radical (unpaired) electrons. The number of aryl methyl sites for hydroxylation is 1. The van der Waals surface area contributed by atoms with E-state index in [1.165, 1.54) is 0 Å². The number of nitrogens with zero attached hydrogens (tertiary/aromatic N) is 2. The van der Waals surface area contributed by atoms with Gasteiger partial charge in [-0.2, -0.15) is 0 Å². The monoisotopic (exact) mass is 398 g/mol. The Morgan fingerprint density at radius 1 is 0.933 bits per heavy atom. The number of carbonyl (C=O) groups excluding carboxylic acids is 2. The highest BCUT2D eigenvalue weighted by Gasteiger charge is 2.15. The highest BCUT2D eigenvalue weighted by atomic mass is 16.2. The summed E-state index contributed by atoms with van der Waals surface area (Å²) in [6.45, 7) is 2.27. The zero-order valence-electron chi connectivity index (χ0n) is 16.6. The Hall–Kier alpha value is -3.93. The number of fused-ring (bicyclic) bond motifs is 1. The SMILES string of the molecule is Cc1cccc(C(=O)NCc2nc3ccccc3n2CC(=O)Nc2ccccc2)c1. The Morgan fingerprint density at radius 2 is 1.70 bits per heavy atom. The van der Waals surface area contributed by atoms with Crippen LogP contribution in [-0.2, 0) is 17.9 Å². The Morgan fingerprint density at radius 3 is 2.50 bits per heavy atom. The molecule has 150 valence electrons. The number of hydrogen-bond acceptors (Lipinski definition) is 3. The van der Waals surface area contributed by atoms with E-state index in [1.54, 1.807) is 6.07 Å². The van der Waals surface area contributed by atoms with Crippen LogP contribution < -0.4 is 10.6 Å². The van der Waals surface area contributed by atoms with E-state index in [0.29, 0.717) is 11.4 Å². The first kappa shape index (κ1) is 19.4. The Kier molecular flexibility index (Phi) is 5.57. The van der Waals surface area contributed by atoms with Gasteiger partial charge in [0.15, 0.2) is 0 Å². The average Bonchev–Trinajstić information content (AvgIpc) is 3.10. The van der Waals surface area contributed by atoms with Crippen LogP contribution >= 0.6 is 0 Å². The molecule has 1 heterocycles. The van der Waals surface area contributed by atoms with Crippen molar-refractivity contribution in [1.29, 1.82) is 0 Å². The van der Waals surface area contributed by atoms with Crippen LogP contribution in [0.1, 0.15) is 21.7 Å². The molecule has 4 aromatic rings. The minimum Gasteiger partial charge on any atom is -0.345 e. The summed E-state index contributed by atoms with van der Waals surface area (Å²) in [5, 5.41) is 5.81. The van der Waals surface area contributed by atoms with Crippen molar-refractivity contribution >= 4 is 28.5 Å². The minimum absolute atomic E-state index is 0.102. The highest BCUT2D eigenvalue weighted by molar-refractivity contribution is 5.94. The van der Waals surface area contributed by atoms with E-state index < -0.39 is 0 Å². The predicted molar refractivity (Wildman–Crippen MR) is 117 cm³/mol. The van der Waals surface area contributed by atoms with Crippen molar-refractivity contribution in [3.63, 3.8) is 0 Å². The molecule has 0 bridgehead atoms. The van der Waals surface area contributed by atoms with Gasteiger partial charge in [-0.25, -0.2) is 4.98 Å². The molecule has 3 aromatic carbocycles. The van der Waals surface area contributed by atoms with Crippen molar-refractivity contribution in [3.8, 4) is 0 Å². The van der Waals surface area contributed by atoms with Crippen molar-refractivity contribution < 1.29 is 9.59 Å². The summed E-state index contributed by atoms with van der Waals surface area (Å²) in [5.74, 6) is 0.294. The number of amides is 2. The molecule has 0 aliphatic heterocycles. The number of anilines is 1. The number of nitrogens with one attached hydrogen (secondary N) is 2. The molecule has 2 N–H and O–H groups in total. The maximum atomic E-state index is 12.6. The van der Waals surface area contributed by atoms with Gasteiger partial charge in [0, 0.05) is 11.3 Å². The topological polar surface area (TPSA) is 76.0 Å². The van der Waals surface area contributed by atoms with Gasteiger partial charge in [-0.1, -0.05) is 48.0 Å². The van der Waals surface area contributed by atoms with E-state index in [9.17, 15) is 9.59 Å². The molecule has 6 heteroatoms. The second-order valence-electron chi connectivity index (χ2n) is 7.07. The number of hydrogen-bond donors (Lipinski definition) is 2. The molecule has 0 unspecified atom stereocenters. The van der Waals surface area contributed by atoms with Gasteiger partial charge in [-0.15, -0.1) is 0 Å². The summed E-state index contributed by atoms with van der Waals surface area (Å²) in [4.78, 5) is 29.8. The Bertz CT molecular complexity index is 1200. The lowest BCUT2D eigenvalue weighted by molar-refractivity contribution is -0.116. The molecule has 0 spiro atoms. The van der Waals surface area contributed by atoms with Crippen LogP contribution in [0, 0.1) is 6.92 Å². The Labute approximate surface area is 174 Å². The van der Waals surface area contributed by atoms with E-state index in [-0.39, 0.29) is 24.9 Å². The molecular formula is C24H22N4O2. The average molecular weight is 398 g/mol. The number of aromatic nitrogens is 2. The van der Waals surface area contributed by atoms with Crippen LogP contribution in [0.2, 0.25) is 0 Å². The quantitative estimate of drug-likeness (QED) is 0.517. The third kappa shape index (κ3) is 4.38. The van der Waals surface area contributed by atoms with Crippen molar-refractivity contribution in [2.24, 2.45) is 0 Å².